The van der Waals surface area contributed by atoms with E-state index in [1.165, 1.54) is 24.4 Å². The molecule has 3 amide bonds. The number of carbonyl (C=O) groups excluding carboxylic acids is 3. The minimum Gasteiger partial charge on any atom is -0.483 e. The van der Waals surface area contributed by atoms with Crippen LogP contribution < -0.4 is 10.1 Å². The van der Waals surface area contributed by atoms with Gasteiger partial charge in [0.15, 0.2) is 6.61 Å². The van der Waals surface area contributed by atoms with Gasteiger partial charge in [0.2, 0.25) is 0 Å². The fourth-order valence-corrected chi connectivity index (χ4v) is 5.54. The van der Waals surface area contributed by atoms with Crippen molar-refractivity contribution in [1.82, 2.24) is 5.01 Å². The van der Waals surface area contributed by atoms with E-state index >= 15 is 0 Å². The summed E-state index contributed by atoms with van der Waals surface area (Å²) in [6, 6.07) is 16.9. The minimum absolute atomic E-state index is 0.0615. The first kappa shape index (κ1) is 22.2. The predicted octanol–water partition coefficient (Wildman–Crippen LogP) is 4.14. The zero-order valence-electron chi connectivity index (χ0n) is 19.1. The van der Waals surface area contributed by atoms with Gasteiger partial charge in [0.05, 0.1) is 23.7 Å². The Balaban J connectivity index is 1.25. The van der Waals surface area contributed by atoms with Crippen molar-refractivity contribution in [1.29, 1.82) is 0 Å². The molecule has 36 heavy (non-hydrogen) atoms. The van der Waals surface area contributed by atoms with Gasteiger partial charge in [0.25, 0.3) is 17.7 Å². The van der Waals surface area contributed by atoms with Crippen LogP contribution in [0.5, 0.6) is 5.75 Å². The lowest BCUT2D eigenvalue weighted by molar-refractivity contribution is -0.140. The third kappa shape index (κ3) is 3.66. The van der Waals surface area contributed by atoms with E-state index < -0.39 is 11.7 Å². The molecule has 0 aromatic heterocycles. The van der Waals surface area contributed by atoms with E-state index in [9.17, 15) is 18.8 Å². The number of fused-ring (bicyclic) bond motifs is 6. The third-order valence-corrected chi connectivity index (χ3v) is 7.19. The molecule has 0 spiro atoms. The number of amides is 3. The lowest BCUT2D eigenvalue weighted by Gasteiger charge is -2.14. The second kappa shape index (κ2) is 8.71. The zero-order valence-corrected chi connectivity index (χ0v) is 19.1. The molecule has 0 radical (unpaired) electrons. The average Bonchev–Trinajstić information content (AvgIpc) is 3.57. The van der Waals surface area contributed by atoms with Gasteiger partial charge in [-0.15, -0.1) is 0 Å². The monoisotopic (exact) mass is 483 g/mol. The van der Waals surface area contributed by atoms with Gasteiger partial charge in [-0.1, -0.05) is 54.6 Å². The Hall–Kier alpha value is -4.33. The van der Waals surface area contributed by atoms with Crippen LogP contribution in [-0.2, 0) is 14.4 Å². The number of nitrogens with zero attached hydrogens (tertiary/aromatic N) is 2. The van der Waals surface area contributed by atoms with E-state index in [0.29, 0.717) is 11.3 Å². The molecule has 3 aromatic rings. The number of hydrogen-bond donors (Lipinski definition) is 1. The average molecular weight is 483 g/mol. The molecule has 3 aromatic carbocycles. The lowest BCUT2D eigenvalue weighted by atomic mass is 9.85. The summed E-state index contributed by atoms with van der Waals surface area (Å²) in [6.07, 6.45) is 6.36. The Morgan fingerprint density at radius 2 is 1.69 bits per heavy atom. The summed E-state index contributed by atoms with van der Waals surface area (Å²) >= 11 is 0. The van der Waals surface area contributed by atoms with Gasteiger partial charge >= 0.3 is 0 Å². The Bertz CT molecular complexity index is 1440. The molecular weight excluding hydrogens is 461 g/mol. The van der Waals surface area contributed by atoms with Gasteiger partial charge in [0, 0.05) is 5.56 Å². The van der Waals surface area contributed by atoms with E-state index in [1.54, 1.807) is 12.1 Å². The highest BCUT2D eigenvalue weighted by Crippen LogP contribution is 2.52. The van der Waals surface area contributed by atoms with Gasteiger partial charge < -0.3 is 10.1 Å². The molecule has 6 rings (SSSR count). The molecule has 4 atom stereocenters. The summed E-state index contributed by atoms with van der Waals surface area (Å²) in [4.78, 5) is 38.4. The number of hydrogen-bond acceptors (Lipinski definition) is 5. The first-order chi connectivity index (χ1) is 17.5. The number of ether oxygens (including phenoxy) is 1. The summed E-state index contributed by atoms with van der Waals surface area (Å²) in [5.74, 6) is -1.75. The number of halogens is 1. The fraction of sp³-hybridized carbons (Fsp3) is 0.214. The first-order valence-electron chi connectivity index (χ1n) is 11.8. The summed E-state index contributed by atoms with van der Waals surface area (Å²) in [5, 5.41) is 9.46. The van der Waals surface area contributed by atoms with Gasteiger partial charge in [-0.25, -0.2) is 4.39 Å². The fourth-order valence-electron chi connectivity index (χ4n) is 5.54. The predicted molar refractivity (Wildman–Crippen MR) is 132 cm³/mol. The van der Waals surface area contributed by atoms with E-state index in [2.05, 4.69) is 10.4 Å². The van der Waals surface area contributed by atoms with Crippen LogP contribution >= 0.6 is 0 Å². The maximum Gasteiger partial charge on any atom is 0.262 e. The molecule has 1 aliphatic heterocycles. The van der Waals surface area contributed by atoms with Gasteiger partial charge in [-0.3, -0.25) is 14.4 Å². The first-order valence-corrected chi connectivity index (χ1v) is 11.8. The second-order valence-corrected chi connectivity index (χ2v) is 9.25. The molecule has 1 saturated carbocycles. The number of hydrazone groups is 1. The summed E-state index contributed by atoms with van der Waals surface area (Å²) < 4.78 is 19.6. The number of carbonyl (C=O) groups is 3. The Kier molecular flexibility index (Phi) is 5.36. The SMILES string of the molecule is O=C(COc1ccc2ccccc2c1C=NN1C(=O)C2C3C=CC(C3)C2C1=O)Nc1ccccc1F. The molecule has 2 fully saturated rings. The summed E-state index contributed by atoms with van der Waals surface area (Å²) in [7, 11) is 0. The highest BCUT2D eigenvalue weighted by atomic mass is 19.1. The van der Waals surface area contributed by atoms with Gasteiger partial charge in [-0.2, -0.15) is 10.1 Å². The molecule has 7 nitrogen and oxygen atoms in total. The largest absolute Gasteiger partial charge is 0.483 e. The zero-order chi connectivity index (χ0) is 24.8. The molecule has 2 aliphatic carbocycles. The highest BCUT2D eigenvalue weighted by molar-refractivity contribution is 6.08. The molecule has 1 heterocycles. The molecular formula is C28H22FN3O4. The van der Waals surface area contributed by atoms with Crippen LogP contribution in [-0.4, -0.2) is 35.6 Å². The van der Waals surface area contributed by atoms with Crippen LogP contribution in [0.4, 0.5) is 10.1 Å². The van der Waals surface area contributed by atoms with Gasteiger partial charge in [0.1, 0.15) is 11.6 Å². The van der Waals surface area contributed by atoms with Crippen molar-refractivity contribution >= 4 is 40.4 Å². The van der Waals surface area contributed by atoms with E-state index in [0.717, 1.165) is 22.2 Å². The van der Waals surface area contributed by atoms with Crippen molar-refractivity contribution < 1.29 is 23.5 Å². The van der Waals surface area contributed by atoms with Crippen molar-refractivity contribution in [3.63, 3.8) is 0 Å². The van der Waals surface area contributed by atoms with Crippen molar-refractivity contribution in [2.75, 3.05) is 11.9 Å². The Morgan fingerprint density at radius 3 is 2.44 bits per heavy atom. The smallest absolute Gasteiger partial charge is 0.262 e. The molecule has 2 bridgehead atoms. The summed E-state index contributed by atoms with van der Waals surface area (Å²) in [5.41, 5.74) is 0.594. The molecule has 4 unspecified atom stereocenters. The number of rotatable bonds is 6. The molecule has 3 aliphatic rings. The number of allylic oxidation sites excluding steroid dienone is 2. The van der Waals surface area contributed by atoms with Crippen LogP contribution in [0.15, 0.2) is 77.9 Å². The molecule has 1 saturated heterocycles. The molecule has 1 N–H and O–H groups in total. The van der Waals surface area contributed by atoms with Crippen LogP contribution in [0.3, 0.4) is 0 Å². The van der Waals surface area contributed by atoms with Crippen LogP contribution in [0.25, 0.3) is 10.8 Å². The normalized spacial score (nSPS) is 24.2. The number of imide groups is 1. The second-order valence-electron chi connectivity index (χ2n) is 9.25. The van der Waals surface area contributed by atoms with E-state index in [4.69, 9.17) is 4.74 Å². The number of anilines is 1. The van der Waals surface area contributed by atoms with Crippen LogP contribution in [0.2, 0.25) is 0 Å². The number of benzene rings is 3. The van der Waals surface area contributed by atoms with Crippen LogP contribution in [0, 0.1) is 29.5 Å². The van der Waals surface area contributed by atoms with E-state index in [1.807, 2.05) is 42.5 Å². The standard InChI is InChI=1S/C28H22FN3O4/c29-21-7-3-4-8-22(21)31-24(33)15-36-23-12-11-16-5-1-2-6-19(16)20(23)14-30-32-27(34)25-17-9-10-18(13-17)26(25)28(32)35/h1-12,14,17-18,25-26H,13,15H2,(H,31,33). The maximum atomic E-state index is 13.9. The van der Waals surface area contributed by atoms with Crippen molar-refractivity contribution in [2.24, 2.45) is 28.8 Å². The third-order valence-electron chi connectivity index (χ3n) is 7.19. The minimum atomic E-state index is -0.544. The molecule has 8 heteroatoms. The topological polar surface area (TPSA) is 88.1 Å². The quantitative estimate of drug-likeness (QED) is 0.324. The van der Waals surface area contributed by atoms with E-state index in [-0.39, 0.29) is 47.8 Å². The van der Waals surface area contributed by atoms with Crippen molar-refractivity contribution in [3.05, 3.63) is 84.2 Å². The highest BCUT2D eigenvalue weighted by Gasteiger charge is 2.59. The summed E-state index contributed by atoms with van der Waals surface area (Å²) in [6.45, 7) is -0.367. The van der Waals surface area contributed by atoms with Crippen molar-refractivity contribution in [3.8, 4) is 5.75 Å². The number of nitrogens with one attached hydrogen (secondary N) is 1. The lowest BCUT2D eigenvalue weighted by Crippen LogP contribution is -2.28. The van der Waals surface area contributed by atoms with Crippen LogP contribution in [0.1, 0.15) is 12.0 Å². The maximum absolute atomic E-state index is 13.9. The Labute approximate surface area is 206 Å². The van der Waals surface area contributed by atoms with Gasteiger partial charge in [-0.05, 0) is 47.2 Å². The molecule has 180 valence electrons. The Morgan fingerprint density at radius 1 is 1.00 bits per heavy atom. The number of para-hydroxylation sites is 1. The van der Waals surface area contributed by atoms with Crippen molar-refractivity contribution in [2.45, 2.75) is 6.42 Å².